The molecule has 0 atom stereocenters. The normalized spacial score (nSPS) is 16.4. The molecule has 0 radical (unpaired) electrons. The van der Waals surface area contributed by atoms with Crippen molar-refractivity contribution >= 4 is 82.1 Å². The molecule has 0 aliphatic carbocycles. The topological polar surface area (TPSA) is 43.6 Å². The van der Waals surface area contributed by atoms with Gasteiger partial charge in [-0.2, -0.15) is 0 Å². The molecule has 10 aromatic carbocycles. The van der Waals surface area contributed by atoms with Crippen molar-refractivity contribution in [2.45, 2.75) is 0 Å². The van der Waals surface area contributed by atoms with Crippen LogP contribution in [0.3, 0.4) is 0 Å². The molecule has 6 heteroatoms. The molecule has 0 aliphatic heterocycles. The van der Waals surface area contributed by atoms with Crippen molar-refractivity contribution in [1.29, 1.82) is 0 Å². The van der Waals surface area contributed by atoms with Crippen LogP contribution >= 0.6 is 11.3 Å². The summed E-state index contributed by atoms with van der Waals surface area (Å²) in [4.78, 5) is 14.6. The zero-order valence-corrected chi connectivity index (χ0v) is 37.5. The second-order valence-corrected chi connectivity index (χ2v) is 20.6. The molecule has 13 rings (SSSR count). The van der Waals surface area contributed by atoms with Gasteiger partial charge in [0.15, 0.2) is 25.5 Å². The van der Waals surface area contributed by atoms with E-state index in [4.69, 9.17) is 31.4 Å². The molecule has 3 heterocycles. The Balaban J connectivity index is 1.17. The van der Waals surface area contributed by atoms with E-state index in [0.29, 0.717) is 0 Å². The molecule has 69 heavy (non-hydrogen) atoms. The summed E-state index contributed by atoms with van der Waals surface area (Å²) in [5, 5.41) is 2.45. The molecule has 0 unspecified atom stereocenters. The molecule has 0 bridgehead atoms. The lowest BCUT2D eigenvalue weighted by Gasteiger charge is -2.34. The minimum atomic E-state index is -3.39. The summed E-state index contributed by atoms with van der Waals surface area (Å²) in [5.74, 6) is -1.56. The Morgan fingerprint density at radius 3 is 1.52 bits per heavy atom. The van der Waals surface area contributed by atoms with Gasteiger partial charge in [-0.05, 0) is 74.2 Å². The molecule has 3 aromatic heterocycles. The van der Waals surface area contributed by atoms with Crippen LogP contribution in [0.25, 0.3) is 93.0 Å². The predicted octanol–water partition coefficient (Wildman–Crippen LogP) is 13.4. The SMILES string of the molecule is [2H]c1c([2H])c(-c2nc(-c3cccc([Si](c4ccccc4)(c4ccccc4)c4ccccc4)c3)nc(-c3c([2H])c([2H])c([2H])c(-n4c5c([2H])c([2H])c([2H])c([2H])c5c5c([2H])c([2H])c([2H])c([2H])c54)c3[2H])n2)c([2H])c(-c2c([2H])c([2H])c([2H])c3sc4c([2H])c([2H])c([2H])c([2H])c4c23)c1[2H]. The third kappa shape index (κ3) is 6.91. The fraction of sp³-hybridized carbons (Fsp3) is 0. The molecule has 0 aliphatic rings. The van der Waals surface area contributed by atoms with Crippen LogP contribution in [0.15, 0.2) is 254 Å². The summed E-state index contributed by atoms with van der Waals surface area (Å²) in [6.07, 6.45) is 0. The van der Waals surface area contributed by atoms with Crippen LogP contribution in [-0.4, -0.2) is 27.6 Å². The highest BCUT2D eigenvalue weighted by atomic mass is 32.1. The Morgan fingerprint density at radius 2 is 0.884 bits per heavy atom. The first-order valence-electron chi connectivity index (χ1n) is 33.0. The van der Waals surface area contributed by atoms with Gasteiger partial charge in [0.05, 0.1) is 42.6 Å². The molecule has 0 spiro atoms. The minimum absolute atomic E-state index is 0.0639. The number of thiophene rings is 1. The highest BCUT2D eigenvalue weighted by Crippen LogP contribution is 2.41. The van der Waals surface area contributed by atoms with Gasteiger partial charge < -0.3 is 4.57 Å². The summed E-state index contributed by atoms with van der Waals surface area (Å²) in [5.41, 5.74) is -3.83. The van der Waals surface area contributed by atoms with Crippen molar-refractivity contribution in [3.8, 4) is 51.0 Å². The smallest absolute Gasteiger partial charge is 0.179 e. The van der Waals surface area contributed by atoms with Gasteiger partial charge in [-0.25, -0.2) is 15.0 Å². The molecule has 0 N–H and O–H groups in total. The van der Waals surface area contributed by atoms with Crippen LogP contribution < -0.4 is 20.7 Å². The second kappa shape index (κ2) is 17.0. The number of para-hydroxylation sites is 2. The van der Waals surface area contributed by atoms with E-state index in [-0.39, 0.29) is 31.6 Å². The number of nitrogens with zero attached hydrogens (tertiary/aromatic N) is 4. The van der Waals surface area contributed by atoms with Crippen molar-refractivity contribution in [1.82, 2.24) is 19.5 Å². The maximum Gasteiger partial charge on any atom is 0.179 e. The number of aromatic nitrogens is 4. The fourth-order valence-corrected chi connectivity index (χ4v) is 14.8. The minimum Gasteiger partial charge on any atom is -0.309 e. The lowest BCUT2D eigenvalue weighted by atomic mass is 9.98. The fourth-order valence-electron chi connectivity index (χ4n) is 9.01. The van der Waals surface area contributed by atoms with Crippen LogP contribution in [0.4, 0.5) is 0 Å². The van der Waals surface area contributed by atoms with Gasteiger partial charge >= 0.3 is 0 Å². The maximum atomic E-state index is 10.2. The Hall–Kier alpha value is -8.55. The largest absolute Gasteiger partial charge is 0.309 e. The number of hydrogen-bond donors (Lipinski definition) is 0. The summed E-state index contributed by atoms with van der Waals surface area (Å²) in [7, 11) is -3.39. The Bertz CT molecular complexity index is 5230. The van der Waals surface area contributed by atoms with Gasteiger partial charge in [-0.15, -0.1) is 11.3 Å². The summed E-state index contributed by atoms with van der Waals surface area (Å²) < 4.78 is 212. The lowest BCUT2D eigenvalue weighted by Crippen LogP contribution is -2.74. The molecular formula is C63H42N4SSi. The second-order valence-electron chi connectivity index (χ2n) is 15.8. The first-order chi connectivity index (χ1) is 43.8. The quantitative estimate of drug-likeness (QED) is 0.107. The molecule has 13 aromatic rings. The first kappa shape index (κ1) is 23.4. The lowest BCUT2D eigenvalue weighted by molar-refractivity contribution is 1.07. The number of benzene rings is 10. The van der Waals surface area contributed by atoms with Gasteiger partial charge in [0.1, 0.15) is 0 Å². The van der Waals surface area contributed by atoms with Gasteiger partial charge in [-0.3, -0.25) is 0 Å². The van der Waals surface area contributed by atoms with Crippen LogP contribution in [0.5, 0.6) is 0 Å². The van der Waals surface area contributed by atoms with Crippen molar-refractivity contribution in [3.05, 3.63) is 254 Å². The molecule has 0 saturated heterocycles. The summed E-state index contributed by atoms with van der Waals surface area (Å²) in [6.45, 7) is 0. The zero-order valence-electron chi connectivity index (χ0n) is 58.7. The Labute approximate surface area is 437 Å². The van der Waals surface area contributed by atoms with Crippen molar-refractivity contribution in [2.24, 2.45) is 0 Å². The molecule has 4 nitrogen and oxygen atoms in total. The zero-order chi connectivity index (χ0) is 65.7. The molecule has 0 fully saturated rings. The third-order valence-corrected chi connectivity index (χ3v) is 17.7. The van der Waals surface area contributed by atoms with Gasteiger partial charge in [0.25, 0.3) is 0 Å². The van der Waals surface area contributed by atoms with E-state index >= 15 is 0 Å². The van der Waals surface area contributed by atoms with Crippen molar-refractivity contribution in [2.75, 3.05) is 0 Å². The average Bonchev–Trinajstić information content (AvgIpc) is 1.52. The Morgan fingerprint density at radius 1 is 0.391 bits per heavy atom. The Kier molecular flexibility index (Phi) is 5.76. The van der Waals surface area contributed by atoms with Crippen molar-refractivity contribution in [3.63, 3.8) is 0 Å². The van der Waals surface area contributed by atoms with E-state index in [1.165, 1.54) is 0 Å². The van der Waals surface area contributed by atoms with Crippen LogP contribution in [-0.2, 0) is 0 Å². The monoisotopic (exact) mass is 937 g/mol. The van der Waals surface area contributed by atoms with Gasteiger partial charge in [0.2, 0.25) is 0 Å². The van der Waals surface area contributed by atoms with E-state index in [9.17, 15) is 15.1 Å². The first-order valence-corrected chi connectivity index (χ1v) is 24.3. The number of hydrogen-bond acceptors (Lipinski definition) is 4. The van der Waals surface area contributed by atoms with Crippen LogP contribution in [0.2, 0.25) is 0 Å². The van der Waals surface area contributed by atoms with Crippen molar-refractivity contribution < 1.29 is 31.5 Å². The molecular weight excluding hydrogens is 873 g/mol. The van der Waals surface area contributed by atoms with Gasteiger partial charge in [0, 0.05) is 53.3 Å². The number of fused-ring (bicyclic) bond motifs is 6. The highest BCUT2D eigenvalue weighted by molar-refractivity contribution is 7.26. The highest BCUT2D eigenvalue weighted by Gasteiger charge is 2.41. The standard InChI is InChI=1S/C63H42N4SSi/c1-4-25-48(26-5-1)69(49-27-6-2-7-28-49,50-29-8-3-9-30-50)51-31-18-23-46(42-51)63-65-61(44-21-16-20-43(40-44)52-35-19-39-59-60(52)55-34-12-15-38-58(55)68-59)64-62(66-63)45-22-17-24-47(41-45)67-56-36-13-10-32-53(56)54-33-11-14-37-57(54)67/h1-42H/i10D,11D,12D,13D,14D,15D,16D,17D,19D,20D,21D,22D,24D,32D,33D,34D,35D,36D,37D,38D,39D,40D,41D. The van der Waals surface area contributed by atoms with E-state index in [2.05, 4.69) is 0 Å². The van der Waals surface area contributed by atoms with Gasteiger partial charge in [-0.1, -0.05) is 212 Å². The average molecular weight is 938 g/mol. The van der Waals surface area contributed by atoms with Crippen LogP contribution in [0, 0.1) is 0 Å². The van der Waals surface area contributed by atoms with E-state index in [1.807, 2.05) is 103 Å². The predicted molar refractivity (Wildman–Crippen MR) is 292 cm³/mol. The molecule has 0 amide bonds. The van der Waals surface area contributed by atoms with E-state index < -0.39 is 208 Å². The van der Waals surface area contributed by atoms with E-state index in [1.54, 1.807) is 12.1 Å². The summed E-state index contributed by atoms with van der Waals surface area (Å²) in [6, 6.07) is 19.1. The van der Waals surface area contributed by atoms with Crippen LogP contribution in [0.1, 0.15) is 31.5 Å². The maximum absolute atomic E-state index is 10.2. The number of rotatable bonds is 9. The third-order valence-electron chi connectivity index (χ3n) is 11.9. The summed E-state index contributed by atoms with van der Waals surface area (Å²) >= 11 is 0.733. The van der Waals surface area contributed by atoms with E-state index in [0.717, 1.165) is 36.7 Å². The molecule has 324 valence electrons. The molecule has 0 saturated carbocycles.